The monoisotopic (exact) mass is 278 g/mol. The van der Waals surface area contributed by atoms with Gasteiger partial charge in [0.15, 0.2) is 5.82 Å². The topological polar surface area (TPSA) is 73.1 Å². The number of benzene rings is 1. The Kier molecular flexibility index (Phi) is 4.06. The first-order chi connectivity index (χ1) is 9.11. The van der Waals surface area contributed by atoms with Crippen LogP contribution in [0.25, 0.3) is 0 Å². The molecule has 0 radical (unpaired) electrons. The molecule has 0 aliphatic rings. The van der Waals surface area contributed by atoms with E-state index < -0.39 is 0 Å². The molecule has 100 valence electrons. The van der Waals surface area contributed by atoms with Crippen LogP contribution >= 0.6 is 11.6 Å². The van der Waals surface area contributed by atoms with Gasteiger partial charge in [0.05, 0.1) is 7.11 Å². The summed E-state index contributed by atoms with van der Waals surface area (Å²) in [6, 6.07) is 5.96. The van der Waals surface area contributed by atoms with E-state index in [0.29, 0.717) is 17.4 Å². The zero-order chi connectivity index (χ0) is 13.8. The van der Waals surface area contributed by atoms with Crippen molar-refractivity contribution in [2.45, 2.75) is 13.5 Å². The van der Waals surface area contributed by atoms with Crippen molar-refractivity contribution in [1.82, 2.24) is 9.97 Å². The first-order valence-electron chi connectivity index (χ1n) is 5.75. The summed E-state index contributed by atoms with van der Waals surface area (Å²) in [7, 11) is 1.66. The lowest BCUT2D eigenvalue weighted by Gasteiger charge is -2.10. The first-order valence-corrected chi connectivity index (χ1v) is 6.13. The SMILES string of the molecule is COc1ccc(CNc2ncnc(N)c2Cl)cc1C. The van der Waals surface area contributed by atoms with Crippen molar-refractivity contribution < 1.29 is 4.74 Å². The molecular formula is C13H15ClN4O. The van der Waals surface area contributed by atoms with Gasteiger partial charge >= 0.3 is 0 Å². The Hall–Kier alpha value is -2.01. The molecule has 0 spiro atoms. The fourth-order valence-corrected chi connectivity index (χ4v) is 1.91. The van der Waals surface area contributed by atoms with Gasteiger partial charge < -0.3 is 15.8 Å². The molecule has 5 nitrogen and oxygen atoms in total. The van der Waals surface area contributed by atoms with Gasteiger partial charge in [-0.2, -0.15) is 0 Å². The highest BCUT2D eigenvalue weighted by atomic mass is 35.5. The van der Waals surface area contributed by atoms with E-state index in [1.807, 2.05) is 25.1 Å². The second-order valence-corrected chi connectivity index (χ2v) is 4.46. The van der Waals surface area contributed by atoms with E-state index in [1.54, 1.807) is 7.11 Å². The standard InChI is InChI=1S/C13H15ClN4O/c1-8-5-9(3-4-10(8)19-2)6-16-13-11(14)12(15)17-7-18-13/h3-5,7H,6H2,1-2H3,(H3,15,16,17,18). The van der Waals surface area contributed by atoms with E-state index in [2.05, 4.69) is 15.3 Å². The van der Waals surface area contributed by atoms with Gasteiger partial charge in [0.2, 0.25) is 0 Å². The summed E-state index contributed by atoms with van der Waals surface area (Å²) in [5, 5.41) is 3.47. The number of hydrogen-bond donors (Lipinski definition) is 2. The highest BCUT2D eigenvalue weighted by molar-refractivity contribution is 6.35. The smallest absolute Gasteiger partial charge is 0.150 e. The molecule has 6 heteroatoms. The fraction of sp³-hybridized carbons (Fsp3) is 0.231. The molecule has 2 aromatic rings. The maximum Gasteiger partial charge on any atom is 0.150 e. The average Bonchev–Trinajstić information content (AvgIpc) is 2.40. The average molecular weight is 279 g/mol. The van der Waals surface area contributed by atoms with E-state index in [0.717, 1.165) is 16.9 Å². The Labute approximate surface area is 116 Å². The van der Waals surface area contributed by atoms with Crippen LogP contribution in [-0.2, 0) is 6.54 Å². The van der Waals surface area contributed by atoms with Gasteiger partial charge in [0.1, 0.15) is 22.9 Å². The van der Waals surface area contributed by atoms with Gasteiger partial charge in [-0.25, -0.2) is 9.97 Å². The molecule has 0 unspecified atom stereocenters. The molecule has 0 aliphatic carbocycles. The van der Waals surface area contributed by atoms with Gasteiger partial charge in [-0.05, 0) is 24.1 Å². The second kappa shape index (κ2) is 5.75. The third kappa shape index (κ3) is 3.06. The highest BCUT2D eigenvalue weighted by Crippen LogP contribution is 2.24. The minimum atomic E-state index is 0.269. The summed E-state index contributed by atoms with van der Waals surface area (Å²) in [6.07, 6.45) is 1.38. The molecule has 1 aromatic heterocycles. The maximum absolute atomic E-state index is 6.01. The number of aryl methyl sites for hydroxylation is 1. The lowest BCUT2D eigenvalue weighted by atomic mass is 10.1. The number of anilines is 2. The normalized spacial score (nSPS) is 10.3. The molecule has 0 bridgehead atoms. The summed E-state index contributed by atoms with van der Waals surface area (Å²) < 4.78 is 5.22. The van der Waals surface area contributed by atoms with Gasteiger partial charge in [0.25, 0.3) is 0 Å². The van der Waals surface area contributed by atoms with E-state index in [9.17, 15) is 0 Å². The molecule has 0 atom stereocenters. The Morgan fingerprint density at radius 2 is 2.16 bits per heavy atom. The van der Waals surface area contributed by atoms with E-state index in [1.165, 1.54) is 6.33 Å². The number of methoxy groups -OCH3 is 1. The van der Waals surface area contributed by atoms with Gasteiger partial charge in [-0.1, -0.05) is 23.7 Å². The Balaban J connectivity index is 2.10. The maximum atomic E-state index is 6.01. The van der Waals surface area contributed by atoms with E-state index in [-0.39, 0.29) is 5.82 Å². The quantitative estimate of drug-likeness (QED) is 0.899. The zero-order valence-electron chi connectivity index (χ0n) is 10.8. The number of aromatic nitrogens is 2. The molecule has 1 aromatic carbocycles. The number of nitrogen functional groups attached to an aromatic ring is 1. The number of rotatable bonds is 4. The molecule has 1 heterocycles. The number of nitrogens with zero attached hydrogens (tertiary/aromatic N) is 2. The summed E-state index contributed by atoms with van der Waals surface area (Å²) in [6.45, 7) is 2.60. The summed E-state index contributed by atoms with van der Waals surface area (Å²) in [5.41, 5.74) is 7.79. The van der Waals surface area contributed by atoms with Crippen LogP contribution in [-0.4, -0.2) is 17.1 Å². The molecule has 0 saturated carbocycles. The van der Waals surface area contributed by atoms with Crippen molar-refractivity contribution in [2.75, 3.05) is 18.2 Å². The second-order valence-electron chi connectivity index (χ2n) is 4.08. The van der Waals surface area contributed by atoms with Gasteiger partial charge in [-0.15, -0.1) is 0 Å². The molecule has 2 rings (SSSR count). The van der Waals surface area contributed by atoms with Crippen LogP contribution in [0.3, 0.4) is 0 Å². The molecule has 0 aliphatic heterocycles. The Morgan fingerprint density at radius 3 is 2.84 bits per heavy atom. The van der Waals surface area contributed by atoms with Crippen LogP contribution in [0, 0.1) is 6.92 Å². The van der Waals surface area contributed by atoms with Crippen molar-refractivity contribution in [3.8, 4) is 5.75 Å². The first kappa shape index (κ1) is 13.4. The van der Waals surface area contributed by atoms with Crippen LogP contribution in [0.4, 0.5) is 11.6 Å². The number of nitrogens with one attached hydrogen (secondary N) is 1. The zero-order valence-corrected chi connectivity index (χ0v) is 11.5. The summed E-state index contributed by atoms with van der Waals surface area (Å²) >= 11 is 6.01. The van der Waals surface area contributed by atoms with Crippen LogP contribution in [0.15, 0.2) is 24.5 Å². The van der Waals surface area contributed by atoms with Crippen molar-refractivity contribution in [1.29, 1.82) is 0 Å². The summed E-state index contributed by atoms with van der Waals surface area (Å²) in [5.74, 6) is 1.67. The van der Waals surface area contributed by atoms with Crippen LogP contribution in [0.2, 0.25) is 5.02 Å². The third-order valence-electron chi connectivity index (χ3n) is 2.74. The lowest BCUT2D eigenvalue weighted by Crippen LogP contribution is -2.04. The van der Waals surface area contributed by atoms with E-state index >= 15 is 0 Å². The summed E-state index contributed by atoms with van der Waals surface area (Å²) in [4.78, 5) is 7.86. The molecule has 19 heavy (non-hydrogen) atoms. The third-order valence-corrected chi connectivity index (χ3v) is 3.11. The van der Waals surface area contributed by atoms with Crippen LogP contribution in [0.1, 0.15) is 11.1 Å². The Bertz CT molecular complexity index is 589. The minimum absolute atomic E-state index is 0.269. The lowest BCUT2D eigenvalue weighted by molar-refractivity contribution is 0.411. The molecular weight excluding hydrogens is 264 g/mol. The van der Waals surface area contributed by atoms with Crippen LogP contribution in [0.5, 0.6) is 5.75 Å². The van der Waals surface area contributed by atoms with Gasteiger partial charge in [0, 0.05) is 6.54 Å². The molecule has 3 N–H and O–H groups in total. The minimum Gasteiger partial charge on any atom is -0.496 e. The van der Waals surface area contributed by atoms with Crippen molar-refractivity contribution in [2.24, 2.45) is 0 Å². The van der Waals surface area contributed by atoms with E-state index in [4.69, 9.17) is 22.1 Å². The largest absolute Gasteiger partial charge is 0.496 e. The van der Waals surface area contributed by atoms with Crippen molar-refractivity contribution in [3.05, 3.63) is 40.7 Å². The van der Waals surface area contributed by atoms with Crippen molar-refractivity contribution >= 4 is 23.2 Å². The highest BCUT2D eigenvalue weighted by Gasteiger charge is 2.06. The Morgan fingerprint density at radius 1 is 1.37 bits per heavy atom. The van der Waals surface area contributed by atoms with Gasteiger partial charge in [-0.3, -0.25) is 0 Å². The predicted octanol–water partition coefficient (Wildman–Crippen LogP) is 2.64. The van der Waals surface area contributed by atoms with Crippen LogP contribution < -0.4 is 15.8 Å². The number of nitrogens with two attached hydrogens (primary N) is 1. The number of halogens is 1. The molecule has 0 amide bonds. The number of hydrogen-bond acceptors (Lipinski definition) is 5. The fourth-order valence-electron chi connectivity index (χ4n) is 1.74. The molecule has 0 fully saturated rings. The number of ether oxygens (including phenoxy) is 1. The van der Waals surface area contributed by atoms with Crippen molar-refractivity contribution in [3.63, 3.8) is 0 Å². The molecule has 0 saturated heterocycles. The predicted molar refractivity (Wildman–Crippen MR) is 76.5 cm³/mol.